The molecule has 1 aromatic heterocycles. The Labute approximate surface area is 121 Å². The molecule has 0 atom stereocenters. The minimum atomic E-state index is -1.10. The van der Waals surface area contributed by atoms with Crippen LogP contribution >= 0.6 is 0 Å². The van der Waals surface area contributed by atoms with Gasteiger partial charge in [-0.2, -0.15) is 0 Å². The summed E-state index contributed by atoms with van der Waals surface area (Å²) in [7, 11) is 0. The van der Waals surface area contributed by atoms with Crippen molar-refractivity contribution in [1.82, 2.24) is 15.3 Å². The summed E-state index contributed by atoms with van der Waals surface area (Å²) in [6.07, 6.45) is 1.61. The van der Waals surface area contributed by atoms with Gasteiger partial charge >= 0.3 is 12.0 Å². The molecule has 0 unspecified atom stereocenters. The predicted octanol–water partition coefficient (Wildman–Crippen LogP) is 1.80. The zero-order valence-electron chi connectivity index (χ0n) is 11.3. The highest BCUT2D eigenvalue weighted by atomic mass is 16.4. The fourth-order valence-electron chi connectivity index (χ4n) is 1.72. The van der Waals surface area contributed by atoms with Crippen LogP contribution in [0.5, 0.6) is 0 Å². The van der Waals surface area contributed by atoms with Crippen molar-refractivity contribution in [3.05, 3.63) is 53.6 Å². The van der Waals surface area contributed by atoms with Gasteiger partial charge in [0.25, 0.3) is 0 Å². The zero-order chi connectivity index (χ0) is 15.2. The lowest BCUT2D eigenvalue weighted by atomic mass is 10.2. The van der Waals surface area contributed by atoms with E-state index in [1.165, 1.54) is 12.1 Å². The first-order valence-electron chi connectivity index (χ1n) is 6.22. The van der Waals surface area contributed by atoms with Crippen LogP contribution in [-0.2, 0) is 6.54 Å². The van der Waals surface area contributed by atoms with E-state index >= 15 is 0 Å². The van der Waals surface area contributed by atoms with Crippen LogP contribution < -0.4 is 10.6 Å². The molecule has 108 valence electrons. The number of nitrogens with zero attached hydrogens (tertiary/aromatic N) is 2. The van der Waals surface area contributed by atoms with E-state index in [2.05, 4.69) is 20.6 Å². The number of rotatable bonds is 4. The van der Waals surface area contributed by atoms with Crippen molar-refractivity contribution in [3.63, 3.8) is 0 Å². The molecular formula is C14H14N4O3. The summed E-state index contributed by atoms with van der Waals surface area (Å²) in [6.45, 7) is 1.98. The van der Waals surface area contributed by atoms with Crippen LogP contribution in [0.15, 0.2) is 36.5 Å². The van der Waals surface area contributed by atoms with Crippen LogP contribution in [0.3, 0.4) is 0 Å². The first-order valence-corrected chi connectivity index (χ1v) is 6.22. The van der Waals surface area contributed by atoms with Crippen molar-refractivity contribution in [2.24, 2.45) is 0 Å². The van der Waals surface area contributed by atoms with Crippen molar-refractivity contribution >= 4 is 17.7 Å². The van der Waals surface area contributed by atoms with E-state index in [4.69, 9.17) is 5.11 Å². The van der Waals surface area contributed by atoms with Crippen molar-refractivity contribution in [2.45, 2.75) is 13.5 Å². The number of carbonyl (C=O) groups is 2. The van der Waals surface area contributed by atoms with Gasteiger partial charge in [0.05, 0.1) is 23.5 Å². The van der Waals surface area contributed by atoms with Gasteiger partial charge in [-0.15, -0.1) is 0 Å². The molecule has 3 N–H and O–H groups in total. The molecule has 0 bridgehead atoms. The maximum Gasteiger partial charge on any atom is 0.337 e. The minimum absolute atomic E-state index is 0.0329. The lowest BCUT2D eigenvalue weighted by molar-refractivity contribution is 0.0698. The second-order valence-corrected chi connectivity index (χ2v) is 4.25. The van der Waals surface area contributed by atoms with Gasteiger partial charge in [-0.05, 0) is 25.1 Å². The molecule has 0 saturated heterocycles. The van der Waals surface area contributed by atoms with E-state index in [0.717, 1.165) is 0 Å². The minimum Gasteiger partial charge on any atom is -0.478 e. The largest absolute Gasteiger partial charge is 0.478 e. The lowest BCUT2D eigenvalue weighted by Crippen LogP contribution is -2.29. The average molecular weight is 286 g/mol. The number of hydrogen-bond donors (Lipinski definition) is 3. The topological polar surface area (TPSA) is 104 Å². The van der Waals surface area contributed by atoms with Crippen molar-refractivity contribution in [2.75, 3.05) is 5.32 Å². The van der Waals surface area contributed by atoms with Crippen LogP contribution in [0, 0.1) is 6.92 Å². The number of amides is 2. The molecule has 7 nitrogen and oxygen atoms in total. The summed E-state index contributed by atoms with van der Waals surface area (Å²) >= 11 is 0. The Morgan fingerprint density at radius 2 is 2.00 bits per heavy atom. The Kier molecular flexibility index (Phi) is 4.45. The third kappa shape index (κ3) is 4.00. The fourth-order valence-corrected chi connectivity index (χ4v) is 1.72. The Bertz CT molecular complexity index is 673. The molecule has 0 spiro atoms. The van der Waals surface area contributed by atoms with Crippen molar-refractivity contribution < 1.29 is 14.7 Å². The highest BCUT2D eigenvalue weighted by Crippen LogP contribution is 2.14. The number of anilines is 1. The SMILES string of the molecule is Cc1nccc(CNC(=O)Nc2ccccc2C(=O)O)n1. The number of carboxylic acids is 1. The van der Waals surface area contributed by atoms with Gasteiger partial charge in [0.15, 0.2) is 0 Å². The number of carbonyl (C=O) groups excluding carboxylic acids is 1. The van der Waals surface area contributed by atoms with Gasteiger partial charge in [-0.3, -0.25) is 0 Å². The Morgan fingerprint density at radius 3 is 2.71 bits per heavy atom. The summed E-state index contributed by atoms with van der Waals surface area (Å²) in [5, 5.41) is 14.1. The molecule has 0 saturated carbocycles. The molecule has 21 heavy (non-hydrogen) atoms. The number of urea groups is 1. The van der Waals surface area contributed by atoms with Crippen LogP contribution in [0.1, 0.15) is 21.9 Å². The lowest BCUT2D eigenvalue weighted by Gasteiger charge is -2.09. The summed E-state index contributed by atoms with van der Waals surface area (Å²) in [5.41, 5.74) is 0.941. The van der Waals surface area contributed by atoms with Gasteiger partial charge in [-0.1, -0.05) is 12.1 Å². The van der Waals surface area contributed by atoms with Crippen molar-refractivity contribution in [3.8, 4) is 0 Å². The first-order chi connectivity index (χ1) is 10.1. The van der Waals surface area contributed by atoms with Crippen LogP contribution in [0.25, 0.3) is 0 Å². The van der Waals surface area contributed by atoms with Gasteiger partial charge in [0.2, 0.25) is 0 Å². The first kappa shape index (κ1) is 14.4. The van der Waals surface area contributed by atoms with Crippen LogP contribution in [0.4, 0.5) is 10.5 Å². The number of benzene rings is 1. The summed E-state index contributed by atoms with van der Waals surface area (Å²) in [5.74, 6) is -0.483. The van der Waals surface area contributed by atoms with Gasteiger partial charge in [-0.25, -0.2) is 19.6 Å². The molecule has 0 aliphatic heterocycles. The maximum absolute atomic E-state index is 11.8. The van der Waals surface area contributed by atoms with E-state index in [1.807, 2.05) is 0 Å². The second-order valence-electron chi connectivity index (χ2n) is 4.25. The Balaban J connectivity index is 1.98. The van der Waals surface area contributed by atoms with Gasteiger partial charge in [0, 0.05) is 6.20 Å². The molecule has 1 heterocycles. The van der Waals surface area contributed by atoms with E-state index < -0.39 is 12.0 Å². The summed E-state index contributed by atoms with van der Waals surface area (Å²) in [4.78, 5) is 30.9. The average Bonchev–Trinajstić information content (AvgIpc) is 2.45. The quantitative estimate of drug-likeness (QED) is 0.795. The molecule has 0 fully saturated rings. The monoisotopic (exact) mass is 286 g/mol. The number of para-hydroxylation sites is 1. The molecule has 0 aliphatic carbocycles. The smallest absolute Gasteiger partial charge is 0.337 e. The molecule has 1 aromatic carbocycles. The molecule has 2 rings (SSSR count). The number of aryl methyl sites for hydroxylation is 1. The third-order valence-electron chi connectivity index (χ3n) is 2.67. The van der Waals surface area contributed by atoms with E-state index in [1.54, 1.807) is 31.3 Å². The zero-order valence-corrected chi connectivity index (χ0v) is 11.3. The second kappa shape index (κ2) is 6.47. The van der Waals surface area contributed by atoms with E-state index in [9.17, 15) is 9.59 Å². The van der Waals surface area contributed by atoms with E-state index in [-0.39, 0.29) is 17.8 Å². The maximum atomic E-state index is 11.8. The number of nitrogens with one attached hydrogen (secondary N) is 2. The highest BCUT2D eigenvalue weighted by molar-refractivity contribution is 5.99. The summed E-state index contributed by atoms with van der Waals surface area (Å²) < 4.78 is 0. The van der Waals surface area contributed by atoms with Crippen LogP contribution in [-0.4, -0.2) is 27.1 Å². The predicted molar refractivity (Wildman–Crippen MR) is 76.0 cm³/mol. The number of carboxylic acid groups (broad SMARTS) is 1. The molecule has 2 amide bonds. The number of aromatic nitrogens is 2. The molecular weight excluding hydrogens is 272 g/mol. The van der Waals surface area contributed by atoms with Gasteiger partial charge in [0.1, 0.15) is 5.82 Å². The Morgan fingerprint density at radius 1 is 1.24 bits per heavy atom. The Hall–Kier alpha value is -2.96. The molecule has 0 aliphatic rings. The highest BCUT2D eigenvalue weighted by Gasteiger charge is 2.11. The van der Waals surface area contributed by atoms with Crippen LogP contribution in [0.2, 0.25) is 0 Å². The fraction of sp³-hybridized carbons (Fsp3) is 0.143. The molecule has 2 aromatic rings. The summed E-state index contributed by atoms with van der Waals surface area (Å²) in [6, 6.07) is 7.38. The van der Waals surface area contributed by atoms with Gasteiger partial charge < -0.3 is 15.7 Å². The molecule has 7 heteroatoms. The normalized spacial score (nSPS) is 9.95. The number of aromatic carboxylic acids is 1. The van der Waals surface area contributed by atoms with E-state index in [0.29, 0.717) is 11.5 Å². The van der Waals surface area contributed by atoms with Crippen molar-refractivity contribution in [1.29, 1.82) is 0 Å². The standard InChI is InChI=1S/C14H14N4O3/c1-9-15-7-6-10(17-9)8-16-14(21)18-12-5-3-2-4-11(12)13(19)20/h2-7H,8H2,1H3,(H,19,20)(H2,16,18,21). The number of hydrogen-bond acceptors (Lipinski definition) is 4. The molecule has 0 radical (unpaired) electrons. The third-order valence-corrected chi connectivity index (χ3v) is 2.67.